The number of hydrogen-bond donors (Lipinski definition) is 1. The highest BCUT2D eigenvalue weighted by Crippen LogP contribution is 2.38. The maximum atomic E-state index is 12.0. The van der Waals surface area contributed by atoms with Gasteiger partial charge in [0.1, 0.15) is 21.5 Å². The maximum Gasteiger partial charge on any atom is 0.343 e. The molecule has 2 N–H and O–H groups in total. The van der Waals surface area contributed by atoms with E-state index in [4.69, 9.17) is 15.7 Å². The standard InChI is InChI=1S/C14H20N4O2S/c1-9(2)17-4-6-18(7-5-17)13-11(14(19)20-3)12(16)10(8-15)21-13/h9H,4-7,16H2,1-3H3. The zero-order valence-electron chi connectivity index (χ0n) is 12.5. The third-order valence-corrected chi connectivity index (χ3v) is 4.92. The van der Waals surface area contributed by atoms with Crippen molar-refractivity contribution in [2.45, 2.75) is 19.9 Å². The summed E-state index contributed by atoms with van der Waals surface area (Å²) in [7, 11) is 1.33. The van der Waals surface area contributed by atoms with Gasteiger partial charge in [0, 0.05) is 32.2 Å². The number of thiophene rings is 1. The van der Waals surface area contributed by atoms with Crippen LogP contribution >= 0.6 is 11.3 Å². The van der Waals surface area contributed by atoms with Gasteiger partial charge in [0.05, 0.1) is 12.8 Å². The molecule has 0 saturated carbocycles. The van der Waals surface area contributed by atoms with Gasteiger partial charge in [-0.3, -0.25) is 4.90 Å². The molecule has 0 amide bonds. The summed E-state index contributed by atoms with van der Waals surface area (Å²) in [5, 5.41) is 9.87. The van der Waals surface area contributed by atoms with E-state index in [0.29, 0.717) is 16.5 Å². The van der Waals surface area contributed by atoms with Crippen LogP contribution in [0.1, 0.15) is 29.1 Å². The van der Waals surface area contributed by atoms with E-state index >= 15 is 0 Å². The number of nitriles is 1. The SMILES string of the molecule is COC(=O)c1c(N2CCN(C(C)C)CC2)sc(C#N)c1N. The number of rotatable bonds is 3. The second-order valence-corrected chi connectivity index (χ2v) is 6.24. The largest absolute Gasteiger partial charge is 0.465 e. The van der Waals surface area contributed by atoms with Crippen LogP contribution in [0.25, 0.3) is 0 Å². The molecule has 0 atom stereocenters. The van der Waals surface area contributed by atoms with Crippen molar-refractivity contribution < 1.29 is 9.53 Å². The Kier molecular flexibility index (Phi) is 4.70. The number of carbonyl (C=O) groups excluding carboxylic acids is 1. The van der Waals surface area contributed by atoms with Gasteiger partial charge in [-0.15, -0.1) is 11.3 Å². The van der Waals surface area contributed by atoms with Gasteiger partial charge < -0.3 is 15.4 Å². The smallest absolute Gasteiger partial charge is 0.343 e. The molecule has 2 heterocycles. The Morgan fingerprint density at radius 2 is 2.00 bits per heavy atom. The first-order valence-corrected chi connectivity index (χ1v) is 7.70. The average molecular weight is 308 g/mol. The molecule has 1 saturated heterocycles. The molecule has 0 unspecified atom stereocenters. The zero-order valence-corrected chi connectivity index (χ0v) is 13.4. The molecule has 7 heteroatoms. The molecule has 6 nitrogen and oxygen atoms in total. The molecule has 0 aliphatic carbocycles. The van der Waals surface area contributed by atoms with E-state index in [1.54, 1.807) is 0 Å². The van der Waals surface area contributed by atoms with E-state index in [1.165, 1.54) is 18.4 Å². The van der Waals surface area contributed by atoms with Crippen LogP contribution in [-0.4, -0.2) is 50.2 Å². The molecule has 1 aliphatic heterocycles. The lowest BCUT2D eigenvalue weighted by Gasteiger charge is -2.37. The van der Waals surface area contributed by atoms with Crippen molar-refractivity contribution in [1.29, 1.82) is 5.26 Å². The number of carbonyl (C=O) groups is 1. The Morgan fingerprint density at radius 1 is 1.38 bits per heavy atom. The fraction of sp³-hybridized carbons (Fsp3) is 0.571. The lowest BCUT2D eigenvalue weighted by atomic mass is 10.2. The number of ether oxygens (including phenoxy) is 1. The van der Waals surface area contributed by atoms with Gasteiger partial charge in [-0.2, -0.15) is 5.26 Å². The summed E-state index contributed by atoms with van der Waals surface area (Å²) in [6.07, 6.45) is 0. The van der Waals surface area contributed by atoms with Crippen LogP contribution in [0.2, 0.25) is 0 Å². The first kappa shape index (κ1) is 15.6. The number of nitrogen functional groups attached to an aromatic ring is 1. The van der Waals surface area contributed by atoms with E-state index in [9.17, 15) is 4.79 Å². The highest BCUT2D eigenvalue weighted by Gasteiger charge is 2.28. The monoisotopic (exact) mass is 308 g/mol. The first-order valence-electron chi connectivity index (χ1n) is 6.89. The van der Waals surface area contributed by atoms with E-state index in [0.717, 1.165) is 31.2 Å². The molecule has 0 aromatic carbocycles. The summed E-state index contributed by atoms with van der Waals surface area (Å²) in [4.78, 5) is 16.8. The number of anilines is 2. The molecule has 0 spiro atoms. The van der Waals surface area contributed by atoms with E-state index < -0.39 is 5.97 Å². The van der Waals surface area contributed by atoms with Gasteiger partial charge in [-0.25, -0.2) is 4.79 Å². The van der Waals surface area contributed by atoms with Gasteiger partial charge in [0.2, 0.25) is 0 Å². The number of hydrogen-bond acceptors (Lipinski definition) is 7. The van der Waals surface area contributed by atoms with Crippen molar-refractivity contribution >= 4 is 28.0 Å². The molecule has 1 aliphatic rings. The van der Waals surface area contributed by atoms with Crippen molar-refractivity contribution in [2.24, 2.45) is 0 Å². The van der Waals surface area contributed by atoms with Crippen LogP contribution in [0.5, 0.6) is 0 Å². The lowest BCUT2D eigenvalue weighted by molar-refractivity contribution is 0.0603. The van der Waals surface area contributed by atoms with E-state index in [2.05, 4.69) is 23.6 Å². The van der Waals surface area contributed by atoms with Crippen LogP contribution in [0, 0.1) is 11.3 Å². The van der Waals surface area contributed by atoms with Gasteiger partial charge in [0.15, 0.2) is 0 Å². The molecule has 114 valence electrons. The van der Waals surface area contributed by atoms with E-state index in [1.807, 2.05) is 6.07 Å². The quantitative estimate of drug-likeness (QED) is 0.853. The molecule has 0 radical (unpaired) electrons. The Balaban J connectivity index is 2.28. The van der Waals surface area contributed by atoms with Crippen LogP contribution in [0.3, 0.4) is 0 Å². The maximum absolute atomic E-state index is 12.0. The molecule has 21 heavy (non-hydrogen) atoms. The lowest BCUT2D eigenvalue weighted by Crippen LogP contribution is -2.49. The predicted octanol–water partition coefficient (Wildman–Crippen LogP) is 1.52. The van der Waals surface area contributed by atoms with Crippen LogP contribution in [0.15, 0.2) is 0 Å². The molecule has 2 rings (SSSR count). The van der Waals surface area contributed by atoms with Crippen molar-refractivity contribution in [2.75, 3.05) is 43.9 Å². The summed E-state index contributed by atoms with van der Waals surface area (Å²) >= 11 is 1.27. The first-order chi connectivity index (χ1) is 9.99. The van der Waals surface area contributed by atoms with Crippen LogP contribution < -0.4 is 10.6 Å². The third kappa shape index (κ3) is 2.96. The van der Waals surface area contributed by atoms with Crippen molar-refractivity contribution in [3.63, 3.8) is 0 Å². The molecular formula is C14H20N4O2S. The number of nitrogens with two attached hydrogens (primary N) is 1. The third-order valence-electron chi connectivity index (χ3n) is 3.75. The van der Waals surface area contributed by atoms with Gasteiger partial charge >= 0.3 is 5.97 Å². The minimum Gasteiger partial charge on any atom is -0.465 e. The molecule has 1 aromatic rings. The predicted molar refractivity (Wildman–Crippen MR) is 83.7 cm³/mol. The molecule has 1 aromatic heterocycles. The Hall–Kier alpha value is -1.78. The second kappa shape index (κ2) is 6.33. The van der Waals surface area contributed by atoms with Crippen molar-refractivity contribution in [1.82, 2.24) is 4.90 Å². The Morgan fingerprint density at radius 3 is 2.48 bits per heavy atom. The van der Waals surface area contributed by atoms with Crippen LogP contribution in [-0.2, 0) is 4.74 Å². The summed E-state index contributed by atoms with van der Waals surface area (Å²) in [5.74, 6) is -0.480. The van der Waals surface area contributed by atoms with Crippen molar-refractivity contribution in [3.8, 4) is 6.07 Å². The fourth-order valence-electron chi connectivity index (χ4n) is 2.48. The summed E-state index contributed by atoms with van der Waals surface area (Å²) in [6, 6.07) is 2.56. The zero-order chi connectivity index (χ0) is 15.6. The summed E-state index contributed by atoms with van der Waals surface area (Å²) < 4.78 is 4.81. The Labute approximate surface area is 128 Å². The topological polar surface area (TPSA) is 82.6 Å². The number of esters is 1. The fourth-order valence-corrected chi connectivity index (χ4v) is 3.54. The van der Waals surface area contributed by atoms with Gasteiger partial charge in [0.25, 0.3) is 0 Å². The summed E-state index contributed by atoms with van der Waals surface area (Å²) in [6.45, 7) is 7.83. The highest BCUT2D eigenvalue weighted by molar-refractivity contribution is 7.17. The minimum absolute atomic E-state index is 0.232. The number of piperazine rings is 1. The average Bonchev–Trinajstić information content (AvgIpc) is 2.83. The molecular weight excluding hydrogens is 288 g/mol. The molecule has 1 fully saturated rings. The number of methoxy groups -OCH3 is 1. The Bertz CT molecular complexity index is 568. The minimum atomic E-state index is -0.480. The van der Waals surface area contributed by atoms with Gasteiger partial charge in [-0.1, -0.05) is 0 Å². The van der Waals surface area contributed by atoms with Crippen LogP contribution in [0.4, 0.5) is 10.7 Å². The molecule has 0 bridgehead atoms. The van der Waals surface area contributed by atoms with Crippen molar-refractivity contribution in [3.05, 3.63) is 10.4 Å². The summed E-state index contributed by atoms with van der Waals surface area (Å²) in [5.41, 5.74) is 6.49. The normalized spacial score (nSPS) is 16.0. The number of nitrogens with zero attached hydrogens (tertiary/aromatic N) is 3. The highest BCUT2D eigenvalue weighted by atomic mass is 32.1. The van der Waals surface area contributed by atoms with Gasteiger partial charge in [-0.05, 0) is 13.8 Å². The second-order valence-electron chi connectivity index (χ2n) is 5.25. The van der Waals surface area contributed by atoms with E-state index in [-0.39, 0.29) is 5.69 Å².